The molecule has 0 aliphatic carbocycles. The lowest BCUT2D eigenvalue weighted by Gasteiger charge is -2.27. The molecular weight excluding hydrogens is 205 g/mol. The highest BCUT2D eigenvalue weighted by molar-refractivity contribution is 5.20. The fourth-order valence-corrected chi connectivity index (χ4v) is 2.14. The molecule has 0 radical (unpaired) electrons. The van der Waals surface area contributed by atoms with Crippen molar-refractivity contribution < 1.29 is 9.13 Å². The van der Waals surface area contributed by atoms with Crippen LogP contribution in [-0.4, -0.2) is 19.3 Å². The second kappa shape index (κ2) is 5.41. The Morgan fingerprint density at radius 2 is 2.25 bits per heavy atom. The Morgan fingerprint density at radius 3 is 2.94 bits per heavy atom. The summed E-state index contributed by atoms with van der Waals surface area (Å²) in [5.74, 6) is -0.140. The predicted molar refractivity (Wildman–Crippen MR) is 61.8 cm³/mol. The van der Waals surface area contributed by atoms with Gasteiger partial charge in [0.2, 0.25) is 0 Å². The van der Waals surface area contributed by atoms with Crippen LogP contribution in [0.15, 0.2) is 24.3 Å². The molecule has 88 valence electrons. The standard InChI is InChI=1S/C13H18FNO/c1-10(12-6-2-3-7-13(12)14)15-11-5-4-8-16-9-11/h2-3,6-7,10-11,15H,4-5,8-9H2,1H3/t10-,11?/m1/s1. The summed E-state index contributed by atoms with van der Waals surface area (Å²) in [7, 11) is 0. The molecule has 0 aromatic heterocycles. The molecule has 1 saturated heterocycles. The Hall–Kier alpha value is -0.930. The first-order valence-electron chi connectivity index (χ1n) is 5.85. The molecule has 0 bridgehead atoms. The molecule has 2 rings (SSSR count). The zero-order chi connectivity index (χ0) is 11.4. The van der Waals surface area contributed by atoms with Gasteiger partial charge in [-0.05, 0) is 25.8 Å². The van der Waals surface area contributed by atoms with Gasteiger partial charge in [0, 0.05) is 24.3 Å². The minimum Gasteiger partial charge on any atom is -0.380 e. The zero-order valence-electron chi connectivity index (χ0n) is 9.58. The van der Waals surface area contributed by atoms with E-state index in [2.05, 4.69) is 5.32 Å². The molecule has 0 saturated carbocycles. The maximum absolute atomic E-state index is 13.5. The van der Waals surface area contributed by atoms with Gasteiger partial charge in [-0.3, -0.25) is 0 Å². The number of halogens is 1. The largest absolute Gasteiger partial charge is 0.380 e. The number of hydrogen-bond acceptors (Lipinski definition) is 2. The normalized spacial score (nSPS) is 23.0. The van der Waals surface area contributed by atoms with Gasteiger partial charge in [0.05, 0.1) is 6.61 Å². The molecule has 1 aliphatic heterocycles. The fourth-order valence-electron chi connectivity index (χ4n) is 2.14. The summed E-state index contributed by atoms with van der Waals surface area (Å²) in [5.41, 5.74) is 0.730. The summed E-state index contributed by atoms with van der Waals surface area (Å²) in [6.07, 6.45) is 2.19. The van der Waals surface area contributed by atoms with Crippen LogP contribution in [0.5, 0.6) is 0 Å². The van der Waals surface area contributed by atoms with Crippen LogP contribution < -0.4 is 5.32 Å². The summed E-state index contributed by atoms with van der Waals surface area (Å²) < 4.78 is 18.9. The minimum absolute atomic E-state index is 0.0351. The van der Waals surface area contributed by atoms with Crippen molar-refractivity contribution in [3.05, 3.63) is 35.6 Å². The van der Waals surface area contributed by atoms with Gasteiger partial charge in [-0.25, -0.2) is 4.39 Å². The average Bonchev–Trinajstić information content (AvgIpc) is 2.31. The van der Waals surface area contributed by atoms with Gasteiger partial charge < -0.3 is 10.1 Å². The molecule has 3 heteroatoms. The summed E-state index contributed by atoms with van der Waals surface area (Å²) in [6, 6.07) is 7.31. The van der Waals surface area contributed by atoms with E-state index in [9.17, 15) is 4.39 Å². The van der Waals surface area contributed by atoms with Crippen molar-refractivity contribution in [2.24, 2.45) is 0 Å². The van der Waals surface area contributed by atoms with Crippen molar-refractivity contribution in [1.29, 1.82) is 0 Å². The van der Waals surface area contributed by atoms with Gasteiger partial charge in [0.1, 0.15) is 5.82 Å². The molecule has 16 heavy (non-hydrogen) atoms. The Labute approximate surface area is 95.8 Å². The second-order valence-electron chi connectivity index (χ2n) is 4.32. The fraction of sp³-hybridized carbons (Fsp3) is 0.538. The molecule has 2 atom stereocenters. The summed E-state index contributed by atoms with van der Waals surface area (Å²) in [5, 5.41) is 3.41. The Morgan fingerprint density at radius 1 is 1.44 bits per heavy atom. The maximum Gasteiger partial charge on any atom is 0.127 e. The third-order valence-electron chi connectivity index (χ3n) is 3.02. The van der Waals surface area contributed by atoms with E-state index in [1.165, 1.54) is 6.07 Å². The maximum atomic E-state index is 13.5. The first-order chi connectivity index (χ1) is 7.77. The SMILES string of the molecule is C[C@@H](NC1CCCOC1)c1ccccc1F. The number of benzene rings is 1. The molecule has 1 fully saturated rings. The summed E-state index contributed by atoms with van der Waals surface area (Å²) in [4.78, 5) is 0. The number of ether oxygens (including phenoxy) is 1. The van der Waals surface area contributed by atoms with Crippen LogP contribution in [0.3, 0.4) is 0 Å². The summed E-state index contributed by atoms with van der Waals surface area (Å²) in [6.45, 7) is 3.58. The lowest BCUT2D eigenvalue weighted by molar-refractivity contribution is 0.0669. The van der Waals surface area contributed by atoms with Gasteiger partial charge in [0.25, 0.3) is 0 Å². The van der Waals surface area contributed by atoms with Crippen LogP contribution >= 0.6 is 0 Å². The van der Waals surface area contributed by atoms with Gasteiger partial charge in [-0.15, -0.1) is 0 Å². The van der Waals surface area contributed by atoms with Crippen molar-refractivity contribution >= 4 is 0 Å². The predicted octanol–water partition coefficient (Wildman–Crippen LogP) is 2.66. The molecule has 1 unspecified atom stereocenters. The molecule has 2 nitrogen and oxygen atoms in total. The van der Waals surface area contributed by atoms with Crippen molar-refractivity contribution in [3.63, 3.8) is 0 Å². The quantitative estimate of drug-likeness (QED) is 0.850. The molecule has 0 spiro atoms. The van der Waals surface area contributed by atoms with Crippen LogP contribution in [-0.2, 0) is 4.74 Å². The topological polar surface area (TPSA) is 21.3 Å². The lowest BCUT2D eigenvalue weighted by atomic mass is 10.0. The zero-order valence-corrected chi connectivity index (χ0v) is 9.58. The Bertz CT molecular complexity index is 336. The first kappa shape index (κ1) is 11.6. The third-order valence-corrected chi connectivity index (χ3v) is 3.02. The lowest BCUT2D eigenvalue weighted by Crippen LogP contribution is -2.38. The van der Waals surface area contributed by atoms with E-state index in [1.807, 2.05) is 19.1 Å². The van der Waals surface area contributed by atoms with E-state index >= 15 is 0 Å². The van der Waals surface area contributed by atoms with Gasteiger partial charge in [0.15, 0.2) is 0 Å². The van der Waals surface area contributed by atoms with E-state index in [0.717, 1.165) is 31.6 Å². The number of rotatable bonds is 3. The van der Waals surface area contributed by atoms with Gasteiger partial charge in [-0.2, -0.15) is 0 Å². The van der Waals surface area contributed by atoms with E-state index in [1.54, 1.807) is 6.07 Å². The molecule has 0 amide bonds. The van der Waals surface area contributed by atoms with Crippen molar-refractivity contribution in [1.82, 2.24) is 5.32 Å². The van der Waals surface area contributed by atoms with Crippen LogP contribution in [0, 0.1) is 5.82 Å². The van der Waals surface area contributed by atoms with E-state index in [0.29, 0.717) is 6.04 Å². The third kappa shape index (κ3) is 2.80. The summed E-state index contributed by atoms with van der Waals surface area (Å²) >= 11 is 0. The highest BCUT2D eigenvalue weighted by Gasteiger charge is 2.18. The highest BCUT2D eigenvalue weighted by Crippen LogP contribution is 2.18. The molecule has 1 aromatic carbocycles. The first-order valence-corrected chi connectivity index (χ1v) is 5.85. The second-order valence-corrected chi connectivity index (χ2v) is 4.32. The number of hydrogen-bond donors (Lipinski definition) is 1. The molecule has 1 N–H and O–H groups in total. The van der Waals surface area contributed by atoms with Crippen LogP contribution in [0.2, 0.25) is 0 Å². The van der Waals surface area contributed by atoms with E-state index in [-0.39, 0.29) is 11.9 Å². The van der Waals surface area contributed by atoms with Crippen molar-refractivity contribution in [3.8, 4) is 0 Å². The van der Waals surface area contributed by atoms with Crippen molar-refractivity contribution in [2.45, 2.75) is 31.8 Å². The smallest absolute Gasteiger partial charge is 0.127 e. The Balaban J connectivity index is 1.96. The highest BCUT2D eigenvalue weighted by atomic mass is 19.1. The number of nitrogens with one attached hydrogen (secondary N) is 1. The van der Waals surface area contributed by atoms with Crippen LogP contribution in [0.25, 0.3) is 0 Å². The van der Waals surface area contributed by atoms with Crippen molar-refractivity contribution in [2.75, 3.05) is 13.2 Å². The van der Waals surface area contributed by atoms with Gasteiger partial charge >= 0.3 is 0 Å². The van der Waals surface area contributed by atoms with Gasteiger partial charge in [-0.1, -0.05) is 18.2 Å². The Kier molecular flexibility index (Phi) is 3.91. The van der Waals surface area contributed by atoms with Crippen LogP contribution in [0.4, 0.5) is 4.39 Å². The van der Waals surface area contributed by atoms with E-state index in [4.69, 9.17) is 4.74 Å². The minimum atomic E-state index is -0.140. The molecule has 1 heterocycles. The van der Waals surface area contributed by atoms with Crippen LogP contribution in [0.1, 0.15) is 31.4 Å². The average molecular weight is 223 g/mol. The molecule has 1 aliphatic rings. The molecular formula is C13H18FNO. The van der Waals surface area contributed by atoms with E-state index < -0.39 is 0 Å². The monoisotopic (exact) mass is 223 g/mol. The molecule has 1 aromatic rings.